The molecule has 2 amide bonds. The molecule has 0 aliphatic heterocycles. The topological polar surface area (TPSA) is 108 Å². The van der Waals surface area contributed by atoms with E-state index in [1.807, 2.05) is 37.4 Å². The predicted molar refractivity (Wildman–Crippen MR) is 116 cm³/mol. The third kappa shape index (κ3) is 7.46. The van der Waals surface area contributed by atoms with Crippen LogP contribution in [0.5, 0.6) is 0 Å². The van der Waals surface area contributed by atoms with Crippen molar-refractivity contribution in [3.8, 4) is 0 Å². The molecule has 0 saturated heterocycles. The van der Waals surface area contributed by atoms with Crippen LogP contribution >= 0.6 is 0 Å². The van der Waals surface area contributed by atoms with Gasteiger partial charge in [-0.25, -0.2) is 8.42 Å². The lowest BCUT2D eigenvalue weighted by molar-refractivity contribution is -0.114. The van der Waals surface area contributed by atoms with Gasteiger partial charge in [-0.15, -0.1) is 0 Å². The number of sulfonamides is 1. The molecule has 2 aromatic rings. The third-order valence-electron chi connectivity index (χ3n) is 4.03. The second-order valence-electron chi connectivity index (χ2n) is 6.68. The van der Waals surface area contributed by atoms with Gasteiger partial charge in [-0.05, 0) is 36.8 Å². The van der Waals surface area contributed by atoms with Crippen LogP contribution in [0.4, 0.5) is 17.1 Å². The molecule has 0 aliphatic carbocycles. The smallest absolute Gasteiger partial charge is 0.253 e. The van der Waals surface area contributed by atoms with Gasteiger partial charge in [-0.2, -0.15) is 0 Å². The van der Waals surface area contributed by atoms with Crippen molar-refractivity contribution in [1.29, 1.82) is 0 Å². The van der Waals surface area contributed by atoms with Crippen LogP contribution in [0.1, 0.15) is 23.7 Å². The van der Waals surface area contributed by atoms with E-state index in [-0.39, 0.29) is 17.2 Å². The molecule has 156 valence electrons. The van der Waals surface area contributed by atoms with Crippen molar-refractivity contribution in [2.24, 2.45) is 0 Å². The Hall–Kier alpha value is -3.07. The molecule has 0 heterocycles. The molecule has 0 spiro atoms. The van der Waals surface area contributed by atoms with E-state index in [1.54, 1.807) is 0 Å². The van der Waals surface area contributed by atoms with E-state index in [4.69, 9.17) is 0 Å². The largest absolute Gasteiger partial charge is 0.375 e. The van der Waals surface area contributed by atoms with E-state index in [0.717, 1.165) is 18.5 Å². The van der Waals surface area contributed by atoms with Crippen LogP contribution < -0.4 is 20.3 Å². The minimum atomic E-state index is -3.56. The zero-order valence-corrected chi connectivity index (χ0v) is 17.5. The quantitative estimate of drug-likeness (QED) is 0.542. The van der Waals surface area contributed by atoms with Crippen molar-refractivity contribution in [1.82, 2.24) is 5.32 Å². The highest BCUT2D eigenvalue weighted by Crippen LogP contribution is 2.22. The minimum Gasteiger partial charge on any atom is -0.375 e. The average molecular weight is 419 g/mol. The van der Waals surface area contributed by atoms with Crippen molar-refractivity contribution in [2.45, 2.75) is 13.3 Å². The number of para-hydroxylation sites is 1. The fourth-order valence-corrected chi connectivity index (χ4v) is 3.30. The highest BCUT2D eigenvalue weighted by atomic mass is 32.2. The summed E-state index contributed by atoms with van der Waals surface area (Å²) in [4.78, 5) is 26.0. The number of nitrogens with one attached hydrogen (secondary N) is 3. The zero-order chi connectivity index (χ0) is 21.4. The number of anilines is 3. The van der Waals surface area contributed by atoms with Gasteiger partial charge >= 0.3 is 0 Å². The third-order valence-corrected chi connectivity index (χ3v) is 4.62. The molecule has 29 heavy (non-hydrogen) atoms. The van der Waals surface area contributed by atoms with Crippen LogP contribution in [0.25, 0.3) is 0 Å². The highest BCUT2D eigenvalue weighted by molar-refractivity contribution is 7.92. The molecule has 0 fully saturated rings. The van der Waals surface area contributed by atoms with Crippen LogP contribution in [-0.2, 0) is 14.8 Å². The van der Waals surface area contributed by atoms with Crippen LogP contribution in [0.3, 0.4) is 0 Å². The average Bonchev–Trinajstić information content (AvgIpc) is 2.65. The van der Waals surface area contributed by atoms with E-state index in [9.17, 15) is 18.0 Å². The van der Waals surface area contributed by atoms with E-state index >= 15 is 0 Å². The number of carbonyl (C=O) groups is 2. The maximum absolute atomic E-state index is 12.6. The summed E-state index contributed by atoms with van der Waals surface area (Å²) in [5.74, 6) is -0.713. The van der Waals surface area contributed by atoms with Crippen LogP contribution in [0.15, 0.2) is 48.5 Å². The Balaban J connectivity index is 2.02. The summed E-state index contributed by atoms with van der Waals surface area (Å²) >= 11 is 0. The van der Waals surface area contributed by atoms with Gasteiger partial charge < -0.3 is 15.5 Å². The Labute approximate surface area is 171 Å². The Morgan fingerprint density at radius 1 is 1.07 bits per heavy atom. The normalized spacial score (nSPS) is 10.9. The van der Waals surface area contributed by atoms with Gasteiger partial charge in [0.1, 0.15) is 0 Å². The van der Waals surface area contributed by atoms with Gasteiger partial charge in [0, 0.05) is 38.4 Å². The summed E-state index contributed by atoms with van der Waals surface area (Å²) in [5, 5.41) is 5.39. The molecule has 8 nitrogen and oxygen atoms in total. The molecule has 2 aromatic carbocycles. The van der Waals surface area contributed by atoms with E-state index < -0.39 is 15.9 Å². The van der Waals surface area contributed by atoms with Crippen molar-refractivity contribution in [3.63, 3.8) is 0 Å². The summed E-state index contributed by atoms with van der Waals surface area (Å²) in [5.41, 5.74) is 1.78. The number of rotatable bonds is 9. The van der Waals surface area contributed by atoms with E-state index in [1.165, 1.54) is 25.1 Å². The van der Waals surface area contributed by atoms with E-state index in [2.05, 4.69) is 20.3 Å². The molecule has 0 saturated carbocycles. The molecule has 2 rings (SSSR count). The van der Waals surface area contributed by atoms with Gasteiger partial charge in [0.15, 0.2) is 0 Å². The molecule has 0 aromatic heterocycles. The first kappa shape index (κ1) is 22.2. The number of amides is 2. The van der Waals surface area contributed by atoms with Crippen molar-refractivity contribution < 1.29 is 18.0 Å². The number of nitrogens with zero attached hydrogens (tertiary/aromatic N) is 1. The fourth-order valence-electron chi connectivity index (χ4n) is 2.73. The Morgan fingerprint density at radius 3 is 2.38 bits per heavy atom. The van der Waals surface area contributed by atoms with Crippen LogP contribution in [0.2, 0.25) is 0 Å². The lowest BCUT2D eigenvalue weighted by Crippen LogP contribution is -2.29. The van der Waals surface area contributed by atoms with Gasteiger partial charge in [-0.3, -0.25) is 14.3 Å². The van der Waals surface area contributed by atoms with Crippen molar-refractivity contribution in [2.75, 3.05) is 41.3 Å². The summed E-state index contributed by atoms with van der Waals surface area (Å²) < 4.78 is 25.5. The summed E-state index contributed by atoms with van der Waals surface area (Å²) in [6, 6.07) is 14.3. The SMILES string of the molecule is CC(=O)Nc1ccc(NS(C)(=O)=O)c(C(=O)NCCCN(C)c2ccccc2)c1. The van der Waals surface area contributed by atoms with Gasteiger partial charge in [-0.1, -0.05) is 18.2 Å². The van der Waals surface area contributed by atoms with Gasteiger partial charge in [0.05, 0.1) is 17.5 Å². The van der Waals surface area contributed by atoms with Gasteiger partial charge in [0.2, 0.25) is 15.9 Å². The molecule has 3 N–H and O–H groups in total. The number of carbonyl (C=O) groups excluding carboxylic acids is 2. The maximum atomic E-state index is 12.6. The second kappa shape index (κ2) is 9.92. The summed E-state index contributed by atoms with van der Waals surface area (Å²) in [7, 11) is -1.59. The van der Waals surface area contributed by atoms with Crippen molar-refractivity contribution in [3.05, 3.63) is 54.1 Å². The summed E-state index contributed by atoms with van der Waals surface area (Å²) in [6.45, 7) is 2.51. The lowest BCUT2D eigenvalue weighted by atomic mass is 10.1. The second-order valence-corrected chi connectivity index (χ2v) is 8.43. The Morgan fingerprint density at radius 2 is 1.76 bits per heavy atom. The highest BCUT2D eigenvalue weighted by Gasteiger charge is 2.15. The monoisotopic (exact) mass is 418 g/mol. The molecule has 0 unspecified atom stereocenters. The van der Waals surface area contributed by atoms with Crippen molar-refractivity contribution >= 4 is 38.9 Å². The molecule has 0 radical (unpaired) electrons. The lowest BCUT2D eigenvalue weighted by Gasteiger charge is -2.19. The first-order valence-corrected chi connectivity index (χ1v) is 11.0. The molecule has 9 heteroatoms. The number of hydrogen-bond donors (Lipinski definition) is 3. The first-order valence-electron chi connectivity index (χ1n) is 9.09. The molecular formula is C20H26N4O4S. The maximum Gasteiger partial charge on any atom is 0.253 e. The van der Waals surface area contributed by atoms with Crippen LogP contribution in [0, 0.1) is 0 Å². The standard InChI is InChI=1S/C20H26N4O4S/c1-15(25)22-16-10-11-19(23-29(3,27)28)18(14-16)20(26)21-12-7-13-24(2)17-8-5-4-6-9-17/h4-6,8-11,14,23H,7,12-13H2,1-3H3,(H,21,26)(H,22,25). The Bertz CT molecular complexity index is 962. The van der Waals surface area contributed by atoms with Crippen LogP contribution in [-0.4, -0.2) is 46.6 Å². The number of hydrogen-bond acceptors (Lipinski definition) is 5. The minimum absolute atomic E-state index is 0.137. The van der Waals surface area contributed by atoms with E-state index in [0.29, 0.717) is 18.7 Å². The Kier molecular flexibility index (Phi) is 7.60. The fraction of sp³-hybridized carbons (Fsp3) is 0.300. The zero-order valence-electron chi connectivity index (χ0n) is 16.7. The molecule has 0 aliphatic rings. The predicted octanol–water partition coefficient (Wildman–Crippen LogP) is 2.27. The molecule has 0 atom stereocenters. The summed E-state index contributed by atoms with van der Waals surface area (Å²) in [6.07, 6.45) is 1.72. The first-order chi connectivity index (χ1) is 13.7. The van der Waals surface area contributed by atoms with Gasteiger partial charge in [0.25, 0.3) is 5.91 Å². The molecule has 0 bridgehead atoms. The number of benzene rings is 2. The molecular weight excluding hydrogens is 392 g/mol.